The Labute approximate surface area is 119 Å². The molecule has 0 saturated heterocycles. The molecule has 0 amide bonds. The molecule has 5 heteroatoms. The van der Waals surface area contributed by atoms with Gasteiger partial charge in [-0.15, -0.1) is 0 Å². The number of nitrogens with one attached hydrogen (secondary N) is 1. The molecule has 3 N–H and O–H groups in total. The fraction of sp³-hybridized carbons (Fsp3) is 0.600. The van der Waals surface area contributed by atoms with Gasteiger partial charge in [0.15, 0.2) is 0 Å². The van der Waals surface area contributed by atoms with E-state index >= 15 is 0 Å². The van der Waals surface area contributed by atoms with Crippen LogP contribution in [0, 0.1) is 5.41 Å². The molecule has 1 aromatic heterocycles. The Morgan fingerprint density at radius 3 is 2.75 bits per heavy atom. The molecule has 0 bridgehead atoms. The van der Waals surface area contributed by atoms with E-state index in [1.165, 1.54) is 0 Å². The molecule has 20 heavy (non-hydrogen) atoms. The van der Waals surface area contributed by atoms with E-state index in [9.17, 15) is 15.0 Å². The fourth-order valence-electron chi connectivity index (χ4n) is 2.31. The second-order valence-electron chi connectivity index (χ2n) is 6.18. The Bertz CT molecular complexity index is 512. The van der Waals surface area contributed by atoms with Crippen LogP contribution in [0.15, 0.2) is 6.07 Å². The molecule has 0 aromatic carbocycles. The molecule has 1 aromatic rings. The van der Waals surface area contributed by atoms with Gasteiger partial charge >= 0.3 is 5.97 Å². The Kier molecular flexibility index (Phi) is 4.28. The summed E-state index contributed by atoms with van der Waals surface area (Å²) in [5.74, 6) is -0.546. The van der Waals surface area contributed by atoms with E-state index in [4.69, 9.17) is 0 Å². The van der Waals surface area contributed by atoms with E-state index in [0.717, 1.165) is 36.9 Å². The number of anilines is 1. The molecule has 1 aliphatic carbocycles. The molecule has 0 fully saturated rings. The van der Waals surface area contributed by atoms with E-state index < -0.39 is 5.97 Å². The molecule has 2 rings (SSSR count). The first-order chi connectivity index (χ1) is 9.43. The Morgan fingerprint density at radius 2 is 2.10 bits per heavy atom. The average molecular weight is 278 g/mol. The Morgan fingerprint density at radius 1 is 1.40 bits per heavy atom. The number of aromatic carboxylic acids is 1. The maximum absolute atomic E-state index is 11.4. The van der Waals surface area contributed by atoms with Crippen LogP contribution in [0.5, 0.6) is 0 Å². The summed E-state index contributed by atoms with van der Waals surface area (Å²) in [5.41, 5.74) is 1.97. The van der Waals surface area contributed by atoms with Crippen LogP contribution in [0.25, 0.3) is 0 Å². The minimum Gasteiger partial charge on any atom is -0.478 e. The second-order valence-corrected chi connectivity index (χ2v) is 6.18. The van der Waals surface area contributed by atoms with Gasteiger partial charge in [-0.3, -0.25) is 0 Å². The molecule has 1 heterocycles. The summed E-state index contributed by atoms with van der Waals surface area (Å²) in [4.78, 5) is 15.9. The summed E-state index contributed by atoms with van der Waals surface area (Å²) in [6, 6.07) is 1.75. The van der Waals surface area contributed by atoms with Crippen molar-refractivity contribution in [2.45, 2.75) is 39.5 Å². The number of aliphatic hydroxyl groups excluding tert-OH is 1. The number of aryl methyl sites for hydroxylation is 2. The lowest BCUT2D eigenvalue weighted by molar-refractivity contribution is 0.0697. The monoisotopic (exact) mass is 278 g/mol. The van der Waals surface area contributed by atoms with Gasteiger partial charge < -0.3 is 15.5 Å². The first-order valence-electron chi connectivity index (χ1n) is 7.04. The molecule has 110 valence electrons. The lowest BCUT2D eigenvalue weighted by Gasteiger charge is -2.24. The Balaban J connectivity index is 2.28. The molecule has 5 nitrogen and oxygen atoms in total. The number of carbonyl (C=O) groups is 1. The Hall–Kier alpha value is -1.62. The smallest absolute Gasteiger partial charge is 0.339 e. The fourth-order valence-corrected chi connectivity index (χ4v) is 2.31. The van der Waals surface area contributed by atoms with Crippen molar-refractivity contribution in [2.75, 3.05) is 18.5 Å². The van der Waals surface area contributed by atoms with Crippen molar-refractivity contribution in [3.8, 4) is 0 Å². The van der Waals surface area contributed by atoms with Crippen LogP contribution in [0.1, 0.15) is 48.3 Å². The minimum atomic E-state index is -0.963. The molecule has 0 unspecified atom stereocenters. The first kappa shape index (κ1) is 14.8. The number of aromatic nitrogens is 1. The van der Waals surface area contributed by atoms with Gasteiger partial charge in [-0.05, 0) is 37.3 Å². The van der Waals surface area contributed by atoms with Crippen LogP contribution in [0.3, 0.4) is 0 Å². The SMILES string of the molecule is CC(C)(CO)CNc1nc2c(cc1C(=O)O)CCCC2. The van der Waals surface area contributed by atoms with Crippen LogP contribution in [0.2, 0.25) is 0 Å². The van der Waals surface area contributed by atoms with Gasteiger partial charge in [0.2, 0.25) is 0 Å². The van der Waals surface area contributed by atoms with Crippen molar-refractivity contribution >= 4 is 11.8 Å². The van der Waals surface area contributed by atoms with Gasteiger partial charge in [-0.2, -0.15) is 0 Å². The van der Waals surface area contributed by atoms with Crippen LogP contribution in [-0.4, -0.2) is 34.3 Å². The molecular formula is C15H22N2O3. The van der Waals surface area contributed by atoms with Crippen LogP contribution in [0.4, 0.5) is 5.82 Å². The number of carboxylic acids is 1. The number of rotatable bonds is 5. The van der Waals surface area contributed by atoms with Gasteiger partial charge in [-0.25, -0.2) is 9.78 Å². The predicted molar refractivity (Wildman–Crippen MR) is 77.2 cm³/mol. The molecule has 0 aliphatic heterocycles. The average Bonchev–Trinajstić information content (AvgIpc) is 2.44. The zero-order valence-electron chi connectivity index (χ0n) is 12.1. The number of carboxylic acid groups (broad SMARTS) is 1. The standard InChI is InChI=1S/C15H22N2O3/c1-15(2,9-18)8-16-13-11(14(19)20)7-10-5-3-4-6-12(10)17-13/h7,18H,3-6,8-9H2,1-2H3,(H,16,17)(H,19,20). The van der Waals surface area contributed by atoms with Crippen molar-refractivity contribution in [1.29, 1.82) is 0 Å². The summed E-state index contributed by atoms with van der Waals surface area (Å²) in [6.07, 6.45) is 4.02. The third kappa shape index (κ3) is 3.28. The molecule has 1 aliphatic rings. The third-order valence-electron chi connectivity index (χ3n) is 3.69. The molecule has 0 radical (unpaired) electrons. The highest BCUT2D eigenvalue weighted by molar-refractivity contribution is 5.93. The largest absolute Gasteiger partial charge is 0.478 e. The summed E-state index contributed by atoms with van der Waals surface area (Å²) in [7, 11) is 0. The van der Waals surface area contributed by atoms with Gasteiger partial charge in [0, 0.05) is 24.3 Å². The summed E-state index contributed by atoms with van der Waals surface area (Å²) in [5, 5.41) is 21.7. The van der Waals surface area contributed by atoms with E-state index in [0.29, 0.717) is 12.4 Å². The van der Waals surface area contributed by atoms with E-state index in [2.05, 4.69) is 10.3 Å². The van der Waals surface area contributed by atoms with E-state index in [-0.39, 0.29) is 17.6 Å². The van der Waals surface area contributed by atoms with Crippen LogP contribution < -0.4 is 5.32 Å². The third-order valence-corrected chi connectivity index (χ3v) is 3.69. The van der Waals surface area contributed by atoms with E-state index in [1.54, 1.807) is 6.07 Å². The normalized spacial score (nSPS) is 14.8. The van der Waals surface area contributed by atoms with Gasteiger partial charge in [0.1, 0.15) is 11.4 Å². The predicted octanol–water partition coefficient (Wildman–Crippen LogP) is 2.09. The zero-order valence-corrected chi connectivity index (χ0v) is 12.1. The highest BCUT2D eigenvalue weighted by Crippen LogP contribution is 2.25. The molecule has 0 spiro atoms. The highest BCUT2D eigenvalue weighted by atomic mass is 16.4. The number of hydrogen-bond donors (Lipinski definition) is 3. The lowest BCUT2D eigenvalue weighted by atomic mass is 9.93. The van der Waals surface area contributed by atoms with Crippen molar-refractivity contribution in [3.63, 3.8) is 0 Å². The second kappa shape index (κ2) is 5.79. The molecular weight excluding hydrogens is 256 g/mol. The molecule has 0 atom stereocenters. The highest BCUT2D eigenvalue weighted by Gasteiger charge is 2.21. The van der Waals surface area contributed by atoms with Gasteiger partial charge in [0.25, 0.3) is 0 Å². The zero-order chi connectivity index (χ0) is 14.8. The molecule has 0 saturated carbocycles. The van der Waals surface area contributed by atoms with Gasteiger partial charge in [0.05, 0.1) is 0 Å². The van der Waals surface area contributed by atoms with Crippen molar-refractivity contribution < 1.29 is 15.0 Å². The van der Waals surface area contributed by atoms with Gasteiger partial charge in [-0.1, -0.05) is 13.8 Å². The maximum Gasteiger partial charge on any atom is 0.339 e. The number of hydrogen-bond acceptors (Lipinski definition) is 4. The number of pyridine rings is 1. The minimum absolute atomic E-state index is 0.0351. The number of fused-ring (bicyclic) bond motifs is 1. The number of aliphatic hydroxyl groups is 1. The topological polar surface area (TPSA) is 82.5 Å². The summed E-state index contributed by atoms with van der Waals surface area (Å²) >= 11 is 0. The number of nitrogens with zero attached hydrogens (tertiary/aromatic N) is 1. The van der Waals surface area contributed by atoms with Crippen molar-refractivity contribution in [1.82, 2.24) is 4.98 Å². The summed E-state index contributed by atoms with van der Waals surface area (Å²) in [6.45, 7) is 4.35. The van der Waals surface area contributed by atoms with Crippen LogP contribution in [-0.2, 0) is 12.8 Å². The quantitative estimate of drug-likeness (QED) is 0.768. The maximum atomic E-state index is 11.4. The van der Waals surface area contributed by atoms with E-state index in [1.807, 2.05) is 13.8 Å². The lowest BCUT2D eigenvalue weighted by Crippen LogP contribution is -2.28. The van der Waals surface area contributed by atoms with Crippen molar-refractivity contribution in [2.24, 2.45) is 5.41 Å². The summed E-state index contributed by atoms with van der Waals surface area (Å²) < 4.78 is 0. The van der Waals surface area contributed by atoms with Crippen LogP contribution >= 0.6 is 0 Å². The first-order valence-corrected chi connectivity index (χ1v) is 7.04. The van der Waals surface area contributed by atoms with Crippen molar-refractivity contribution in [3.05, 3.63) is 22.9 Å².